The van der Waals surface area contributed by atoms with Crippen molar-refractivity contribution in [1.82, 2.24) is 0 Å². The van der Waals surface area contributed by atoms with Crippen molar-refractivity contribution in [1.29, 1.82) is 0 Å². The van der Waals surface area contributed by atoms with Crippen LogP contribution in [0.4, 0.5) is 13.2 Å². The third-order valence-electron chi connectivity index (χ3n) is 4.38. The maximum Gasteiger partial charge on any atom is 0.387 e. The van der Waals surface area contributed by atoms with Gasteiger partial charge in [-0.2, -0.15) is 8.78 Å². The Kier molecular flexibility index (Phi) is 5.43. The zero-order chi connectivity index (χ0) is 21.1. The van der Waals surface area contributed by atoms with Gasteiger partial charge in [-0.15, -0.1) is 0 Å². The predicted octanol–water partition coefficient (Wildman–Crippen LogP) is 5.62. The number of hydrogen-bond donors (Lipinski definition) is 0. The molecule has 152 valence electrons. The van der Waals surface area contributed by atoms with Crippen LogP contribution in [0.1, 0.15) is 21.5 Å². The quantitative estimate of drug-likeness (QED) is 0.493. The van der Waals surface area contributed by atoms with E-state index in [1.165, 1.54) is 24.3 Å². The van der Waals surface area contributed by atoms with E-state index in [2.05, 4.69) is 4.74 Å². The van der Waals surface area contributed by atoms with Crippen LogP contribution in [0.5, 0.6) is 17.2 Å². The molecule has 3 aromatic rings. The van der Waals surface area contributed by atoms with E-state index >= 15 is 0 Å². The maximum atomic E-state index is 13.0. The monoisotopic (exact) mass is 412 g/mol. The summed E-state index contributed by atoms with van der Waals surface area (Å²) in [6.07, 6.45) is 1.36. The topological polar surface area (TPSA) is 44.8 Å². The van der Waals surface area contributed by atoms with Gasteiger partial charge < -0.3 is 14.2 Å². The van der Waals surface area contributed by atoms with Crippen LogP contribution in [0.3, 0.4) is 0 Å². The molecule has 3 aromatic carbocycles. The minimum absolute atomic E-state index is 0.00833. The summed E-state index contributed by atoms with van der Waals surface area (Å²) in [6, 6.07) is 16.8. The van der Waals surface area contributed by atoms with Crippen molar-refractivity contribution in [2.45, 2.75) is 13.2 Å². The number of carbonyl (C=O) groups excluding carboxylic acids is 1. The number of para-hydroxylation sites is 1. The molecular formula is C23H15F3O4. The van der Waals surface area contributed by atoms with Crippen molar-refractivity contribution < 1.29 is 32.2 Å². The van der Waals surface area contributed by atoms with Crippen molar-refractivity contribution >= 4 is 11.9 Å². The number of fused-ring (bicyclic) bond motifs is 1. The second-order valence-corrected chi connectivity index (χ2v) is 6.43. The molecule has 0 aliphatic carbocycles. The Labute approximate surface area is 170 Å². The van der Waals surface area contributed by atoms with E-state index < -0.39 is 6.61 Å². The van der Waals surface area contributed by atoms with Crippen LogP contribution < -0.4 is 14.2 Å². The number of ether oxygens (including phenoxy) is 3. The molecule has 0 radical (unpaired) electrons. The highest BCUT2D eigenvalue weighted by atomic mass is 19.3. The van der Waals surface area contributed by atoms with E-state index in [1.807, 2.05) is 0 Å². The molecule has 1 aliphatic rings. The second-order valence-electron chi connectivity index (χ2n) is 6.43. The largest absolute Gasteiger partial charge is 0.489 e. The van der Waals surface area contributed by atoms with E-state index in [1.54, 1.807) is 48.5 Å². The van der Waals surface area contributed by atoms with Crippen LogP contribution in [0.15, 0.2) is 72.5 Å². The third kappa shape index (κ3) is 4.30. The SMILES string of the molecule is O=C1/C(=C/c2ccccc2OC(F)F)Oc2cc(OCc3ccc(F)cc3)ccc21. The van der Waals surface area contributed by atoms with Gasteiger partial charge in [0.15, 0.2) is 5.76 Å². The van der Waals surface area contributed by atoms with Gasteiger partial charge in [0.25, 0.3) is 0 Å². The lowest BCUT2D eigenvalue weighted by Gasteiger charge is -2.08. The number of allylic oxidation sites excluding steroid dienone is 1. The molecule has 0 spiro atoms. The van der Waals surface area contributed by atoms with Crippen LogP contribution >= 0.6 is 0 Å². The molecule has 30 heavy (non-hydrogen) atoms. The molecular weight excluding hydrogens is 397 g/mol. The summed E-state index contributed by atoms with van der Waals surface area (Å²) in [7, 11) is 0. The van der Waals surface area contributed by atoms with Crippen molar-refractivity contribution in [3.05, 3.63) is 95.0 Å². The number of ketones is 1. The van der Waals surface area contributed by atoms with E-state index in [0.717, 1.165) is 5.56 Å². The molecule has 0 fully saturated rings. The predicted molar refractivity (Wildman–Crippen MR) is 103 cm³/mol. The van der Waals surface area contributed by atoms with Crippen molar-refractivity contribution in [2.24, 2.45) is 0 Å². The lowest BCUT2D eigenvalue weighted by Crippen LogP contribution is -2.04. The molecule has 0 unspecified atom stereocenters. The summed E-state index contributed by atoms with van der Waals surface area (Å²) in [5.74, 6) is -0.00433. The van der Waals surface area contributed by atoms with Gasteiger partial charge in [0.05, 0.1) is 5.56 Å². The molecule has 0 atom stereocenters. The van der Waals surface area contributed by atoms with E-state index in [0.29, 0.717) is 22.6 Å². The first-order valence-corrected chi connectivity index (χ1v) is 8.99. The second kappa shape index (κ2) is 8.32. The molecule has 7 heteroatoms. The summed E-state index contributed by atoms with van der Waals surface area (Å²) in [5.41, 5.74) is 1.41. The Balaban J connectivity index is 1.52. The normalized spacial score (nSPS) is 14.0. The number of halogens is 3. The molecule has 0 aromatic heterocycles. The Bertz CT molecular complexity index is 1110. The Morgan fingerprint density at radius 1 is 1.00 bits per heavy atom. The molecule has 0 amide bonds. The highest BCUT2D eigenvalue weighted by Gasteiger charge is 2.28. The minimum Gasteiger partial charge on any atom is -0.489 e. The molecule has 4 nitrogen and oxygen atoms in total. The standard InChI is InChI=1S/C23H15F3O4/c24-16-7-5-14(6-8-16)13-28-17-9-10-18-20(12-17)29-21(22(18)27)11-15-3-1-2-4-19(15)30-23(25)26/h1-12,23H,13H2/b21-11-. The van der Waals surface area contributed by atoms with E-state index in [9.17, 15) is 18.0 Å². The Morgan fingerprint density at radius 2 is 1.77 bits per heavy atom. The van der Waals surface area contributed by atoms with Gasteiger partial charge in [-0.3, -0.25) is 4.79 Å². The number of rotatable bonds is 6. The zero-order valence-electron chi connectivity index (χ0n) is 15.5. The van der Waals surface area contributed by atoms with Gasteiger partial charge in [0.1, 0.15) is 29.7 Å². The van der Waals surface area contributed by atoms with Crippen molar-refractivity contribution in [3.63, 3.8) is 0 Å². The molecule has 0 saturated heterocycles. The first-order valence-electron chi connectivity index (χ1n) is 8.99. The summed E-state index contributed by atoms with van der Waals surface area (Å²) >= 11 is 0. The summed E-state index contributed by atoms with van der Waals surface area (Å²) in [6.45, 7) is -2.77. The average molecular weight is 412 g/mol. The molecule has 0 N–H and O–H groups in total. The van der Waals surface area contributed by atoms with Gasteiger partial charge in [0, 0.05) is 11.6 Å². The zero-order valence-corrected chi connectivity index (χ0v) is 15.5. The number of alkyl halides is 2. The van der Waals surface area contributed by atoms with Gasteiger partial charge in [-0.25, -0.2) is 4.39 Å². The van der Waals surface area contributed by atoms with Crippen molar-refractivity contribution in [3.8, 4) is 17.2 Å². The number of hydrogen-bond acceptors (Lipinski definition) is 4. The fourth-order valence-electron chi connectivity index (χ4n) is 2.95. The number of benzene rings is 3. The van der Waals surface area contributed by atoms with Gasteiger partial charge >= 0.3 is 6.61 Å². The molecule has 0 bridgehead atoms. The highest BCUT2D eigenvalue weighted by Crippen LogP contribution is 2.36. The number of Topliss-reactive ketones (excluding diaryl/α,β-unsaturated/α-hetero) is 1. The smallest absolute Gasteiger partial charge is 0.387 e. The number of carbonyl (C=O) groups is 1. The fourth-order valence-corrected chi connectivity index (χ4v) is 2.95. The molecule has 1 aliphatic heterocycles. The van der Waals surface area contributed by atoms with Crippen LogP contribution in [0, 0.1) is 5.82 Å². The van der Waals surface area contributed by atoms with Crippen LogP contribution in [0.2, 0.25) is 0 Å². The van der Waals surface area contributed by atoms with Gasteiger partial charge in [0.2, 0.25) is 5.78 Å². The van der Waals surface area contributed by atoms with Crippen LogP contribution in [-0.2, 0) is 6.61 Å². The highest BCUT2D eigenvalue weighted by molar-refractivity contribution is 6.14. The summed E-state index contributed by atoms with van der Waals surface area (Å²) in [4.78, 5) is 12.6. The Hall–Kier alpha value is -3.74. The van der Waals surface area contributed by atoms with Crippen LogP contribution in [0.25, 0.3) is 6.08 Å². The minimum atomic E-state index is -2.98. The fraction of sp³-hybridized carbons (Fsp3) is 0.0870. The van der Waals surface area contributed by atoms with Crippen molar-refractivity contribution in [2.75, 3.05) is 0 Å². The lowest BCUT2D eigenvalue weighted by atomic mass is 10.1. The van der Waals surface area contributed by atoms with Gasteiger partial charge in [-0.1, -0.05) is 30.3 Å². The molecule has 4 rings (SSSR count). The summed E-state index contributed by atoms with van der Waals surface area (Å²) < 4.78 is 53.9. The van der Waals surface area contributed by atoms with Gasteiger partial charge in [-0.05, 0) is 42.0 Å². The van der Waals surface area contributed by atoms with Crippen LogP contribution in [-0.4, -0.2) is 12.4 Å². The van der Waals surface area contributed by atoms with E-state index in [4.69, 9.17) is 9.47 Å². The maximum absolute atomic E-state index is 13.0. The summed E-state index contributed by atoms with van der Waals surface area (Å²) in [5, 5.41) is 0. The molecule has 1 heterocycles. The Morgan fingerprint density at radius 3 is 2.53 bits per heavy atom. The first kappa shape index (κ1) is 19.6. The first-order chi connectivity index (χ1) is 14.5. The molecule has 0 saturated carbocycles. The lowest BCUT2D eigenvalue weighted by molar-refractivity contribution is -0.0499. The average Bonchev–Trinajstić information content (AvgIpc) is 3.03. The third-order valence-corrected chi connectivity index (χ3v) is 4.38. The van der Waals surface area contributed by atoms with E-state index in [-0.39, 0.29) is 29.7 Å².